The van der Waals surface area contributed by atoms with Gasteiger partial charge in [0.05, 0.1) is 16.0 Å². The maximum absolute atomic E-state index is 13.7. The number of hydrogen-bond donors (Lipinski definition) is 0. The second kappa shape index (κ2) is 6.16. The van der Waals surface area contributed by atoms with Crippen LogP contribution in [0.25, 0.3) is 0 Å². The lowest BCUT2D eigenvalue weighted by Crippen LogP contribution is -2.17. The molecule has 2 aromatic rings. The summed E-state index contributed by atoms with van der Waals surface area (Å²) in [5.41, 5.74) is 0.929. The van der Waals surface area contributed by atoms with E-state index in [0.717, 1.165) is 15.8 Å². The largest absolute Gasteiger partial charge is 0.297 e. The monoisotopic (exact) mass is 294 g/mol. The van der Waals surface area contributed by atoms with Crippen LogP contribution in [0.5, 0.6) is 0 Å². The molecule has 19 heavy (non-hydrogen) atoms. The van der Waals surface area contributed by atoms with E-state index in [2.05, 4.69) is 0 Å². The zero-order chi connectivity index (χ0) is 13.8. The number of hydrogen-bond acceptors (Lipinski definition) is 3. The Hall–Kier alpha value is -1.41. The second-order valence-electron chi connectivity index (χ2n) is 4.30. The molecule has 2 nitrogen and oxygen atoms in total. The summed E-state index contributed by atoms with van der Waals surface area (Å²) >= 11 is 7.40. The fraction of sp³-hybridized carbons (Fsp3) is 0.214. The van der Waals surface area contributed by atoms with Crippen molar-refractivity contribution in [3.8, 4) is 6.07 Å². The fourth-order valence-electron chi connectivity index (χ4n) is 1.79. The highest BCUT2D eigenvalue weighted by Gasteiger charge is 2.08. The first kappa shape index (κ1) is 14.0. The first-order valence-corrected chi connectivity index (χ1v) is 6.89. The molecule has 0 aliphatic rings. The topological polar surface area (TPSA) is 27.0 Å². The lowest BCUT2D eigenvalue weighted by Gasteiger charge is -2.16. The number of thiophene rings is 1. The molecule has 0 saturated carbocycles. The van der Waals surface area contributed by atoms with Crippen molar-refractivity contribution in [2.45, 2.75) is 13.1 Å². The highest BCUT2D eigenvalue weighted by atomic mass is 35.5. The van der Waals surface area contributed by atoms with Gasteiger partial charge < -0.3 is 0 Å². The molecule has 0 unspecified atom stereocenters. The predicted molar refractivity (Wildman–Crippen MR) is 75.6 cm³/mol. The van der Waals surface area contributed by atoms with Crippen LogP contribution in [0.1, 0.15) is 16.0 Å². The summed E-state index contributed by atoms with van der Waals surface area (Å²) in [5.74, 6) is -0.338. The number of benzene rings is 1. The molecule has 0 amide bonds. The average molecular weight is 295 g/mol. The number of nitrogens with zero attached hydrogens (tertiary/aromatic N) is 2. The molecule has 5 heteroatoms. The average Bonchev–Trinajstić information content (AvgIpc) is 2.77. The van der Waals surface area contributed by atoms with Gasteiger partial charge in [-0.3, -0.25) is 4.90 Å². The third-order valence-electron chi connectivity index (χ3n) is 2.68. The molecule has 2 rings (SSSR count). The van der Waals surface area contributed by atoms with E-state index in [1.807, 2.05) is 30.1 Å². The van der Waals surface area contributed by atoms with Crippen molar-refractivity contribution < 1.29 is 4.39 Å². The minimum Gasteiger partial charge on any atom is -0.297 e. The van der Waals surface area contributed by atoms with Crippen molar-refractivity contribution in [1.82, 2.24) is 4.90 Å². The van der Waals surface area contributed by atoms with Crippen LogP contribution < -0.4 is 0 Å². The van der Waals surface area contributed by atoms with Gasteiger partial charge in [0, 0.05) is 23.5 Å². The molecule has 0 aliphatic heterocycles. The van der Waals surface area contributed by atoms with Gasteiger partial charge in [0.25, 0.3) is 0 Å². The summed E-state index contributed by atoms with van der Waals surface area (Å²) in [5, 5.41) is 8.69. The van der Waals surface area contributed by atoms with Gasteiger partial charge in [0.1, 0.15) is 5.82 Å². The summed E-state index contributed by atoms with van der Waals surface area (Å²) in [4.78, 5) is 3.15. The van der Waals surface area contributed by atoms with Gasteiger partial charge in [-0.15, -0.1) is 11.3 Å². The molecule has 0 radical (unpaired) electrons. The first-order chi connectivity index (χ1) is 9.08. The predicted octanol–water partition coefficient (Wildman–Crippen LogP) is 4.04. The Bertz CT molecular complexity index is 618. The highest BCUT2D eigenvalue weighted by molar-refractivity contribution is 7.16. The molecule has 1 aromatic carbocycles. The van der Waals surface area contributed by atoms with Crippen LogP contribution in [-0.4, -0.2) is 11.9 Å². The van der Waals surface area contributed by atoms with Gasteiger partial charge in [-0.2, -0.15) is 5.26 Å². The van der Waals surface area contributed by atoms with Crippen molar-refractivity contribution in [2.75, 3.05) is 7.05 Å². The molecule has 0 atom stereocenters. The van der Waals surface area contributed by atoms with Gasteiger partial charge in [-0.25, -0.2) is 4.39 Å². The summed E-state index contributed by atoms with van der Waals surface area (Å²) in [6.45, 7) is 1.21. The van der Waals surface area contributed by atoms with Crippen LogP contribution in [0.4, 0.5) is 4.39 Å². The van der Waals surface area contributed by atoms with Crippen molar-refractivity contribution >= 4 is 22.9 Å². The van der Waals surface area contributed by atoms with Crippen molar-refractivity contribution in [2.24, 2.45) is 0 Å². The van der Waals surface area contributed by atoms with Crippen molar-refractivity contribution in [3.63, 3.8) is 0 Å². The van der Waals surface area contributed by atoms with E-state index in [0.29, 0.717) is 17.7 Å². The van der Waals surface area contributed by atoms with Crippen LogP contribution in [-0.2, 0) is 13.1 Å². The minimum atomic E-state index is -0.338. The Morgan fingerprint density at radius 1 is 1.32 bits per heavy atom. The quantitative estimate of drug-likeness (QED) is 0.851. The summed E-state index contributed by atoms with van der Waals surface area (Å²) < 4.78 is 14.5. The lowest BCUT2D eigenvalue weighted by molar-refractivity contribution is 0.316. The van der Waals surface area contributed by atoms with Crippen LogP contribution in [0, 0.1) is 17.1 Å². The lowest BCUT2D eigenvalue weighted by atomic mass is 10.1. The van der Waals surface area contributed by atoms with E-state index in [4.69, 9.17) is 16.9 Å². The SMILES string of the molecule is CN(Cc1ccc(Cl)s1)Cc1ccc(C#N)cc1F. The summed E-state index contributed by atoms with van der Waals surface area (Å²) in [6, 6.07) is 10.3. The van der Waals surface area contributed by atoms with E-state index in [-0.39, 0.29) is 5.82 Å². The Balaban J connectivity index is 2.03. The third kappa shape index (κ3) is 3.77. The van der Waals surface area contributed by atoms with Crippen molar-refractivity contribution in [3.05, 3.63) is 56.5 Å². The number of rotatable bonds is 4. The Labute approximate surface area is 120 Å². The van der Waals surface area contributed by atoms with Crippen molar-refractivity contribution in [1.29, 1.82) is 5.26 Å². The first-order valence-electron chi connectivity index (χ1n) is 5.70. The van der Waals surface area contributed by atoms with E-state index in [1.165, 1.54) is 17.4 Å². The molecule has 1 aromatic heterocycles. The summed E-state index contributed by atoms with van der Waals surface area (Å²) in [7, 11) is 1.92. The van der Waals surface area contributed by atoms with Crippen LogP contribution in [0.2, 0.25) is 4.34 Å². The maximum Gasteiger partial charge on any atom is 0.129 e. The molecule has 1 heterocycles. The summed E-state index contributed by atoms with van der Waals surface area (Å²) in [6.07, 6.45) is 0. The van der Waals surface area contributed by atoms with Gasteiger partial charge in [0.2, 0.25) is 0 Å². The smallest absolute Gasteiger partial charge is 0.129 e. The molecule has 0 spiro atoms. The number of nitriles is 1. The van der Waals surface area contributed by atoms with Crippen LogP contribution >= 0.6 is 22.9 Å². The second-order valence-corrected chi connectivity index (χ2v) is 6.10. The molecular weight excluding hydrogens is 283 g/mol. The highest BCUT2D eigenvalue weighted by Crippen LogP contribution is 2.23. The molecule has 0 N–H and O–H groups in total. The minimum absolute atomic E-state index is 0.338. The molecular formula is C14H12ClFN2S. The molecule has 98 valence electrons. The molecule has 0 fully saturated rings. The standard InChI is InChI=1S/C14H12ClFN2S/c1-18(9-12-4-5-14(15)19-12)8-11-3-2-10(7-17)6-13(11)16/h2-6H,8-9H2,1H3. The Morgan fingerprint density at radius 2 is 2.11 bits per heavy atom. The van der Waals surface area contributed by atoms with E-state index in [9.17, 15) is 4.39 Å². The number of halogens is 2. The third-order valence-corrected chi connectivity index (χ3v) is 3.89. The molecule has 0 aliphatic carbocycles. The van der Waals surface area contributed by atoms with Crippen LogP contribution in [0.15, 0.2) is 30.3 Å². The molecule has 0 bridgehead atoms. The van der Waals surface area contributed by atoms with Gasteiger partial charge >= 0.3 is 0 Å². The van der Waals surface area contributed by atoms with Gasteiger partial charge in [-0.05, 0) is 31.3 Å². The molecule has 0 saturated heterocycles. The zero-order valence-corrected chi connectivity index (χ0v) is 11.9. The zero-order valence-electron chi connectivity index (χ0n) is 10.4. The normalized spacial score (nSPS) is 10.7. The van der Waals surface area contributed by atoms with E-state index < -0.39 is 0 Å². The Morgan fingerprint density at radius 3 is 2.68 bits per heavy atom. The van der Waals surface area contributed by atoms with Crippen LogP contribution in [0.3, 0.4) is 0 Å². The van der Waals surface area contributed by atoms with Gasteiger partial charge in [0.15, 0.2) is 0 Å². The van der Waals surface area contributed by atoms with E-state index in [1.54, 1.807) is 12.1 Å². The Kier molecular flexibility index (Phi) is 4.54. The fourth-order valence-corrected chi connectivity index (χ4v) is 2.96. The van der Waals surface area contributed by atoms with Gasteiger partial charge in [-0.1, -0.05) is 17.7 Å². The van der Waals surface area contributed by atoms with E-state index >= 15 is 0 Å². The maximum atomic E-state index is 13.7.